The van der Waals surface area contributed by atoms with Crippen LogP contribution in [0.2, 0.25) is 0 Å². The Labute approximate surface area is 346 Å². The number of carbonyl (C=O) groups is 4. The number of carbonyl (C=O) groups excluding carboxylic acids is 4. The second-order valence-corrected chi connectivity index (χ2v) is 17.8. The minimum Gasteiger partial charge on any atom is -0.496 e. The van der Waals surface area contributed by atoms with E-state index >= 15 is 0 Å². The second-order valence-electron chi connectivity index (χ2n) is 15.9. The number of sulfonamides is 1. The van der Waals surface area contributed by atoms with E-state index in [9.17, 15) is 27.6 Å². The Morgan fingerprint density at radius 2 is 1.80 bits per heavy atom. The Morgan fingerprint density at radius 3 is 2.42 bits per heavy atom. The van der Waals surface area contributed by atoms with Gasteiger partial charge in [0.2, 0.25) is 15.9 Å². The summed E-state index contributed by atoms with van der Waals surface area (Å²) >= 11 is 0. The molecule has 2 heterocycles. The molecular formula is C44H53N5O9S. The number of aromatic nitrogens is 1. The lowest BCUT2D eigenvalue weighted by molar-refractivity contribution is -0.138. The molecule has 15 heteroatoms. The summed E-state index contributed by atoms with van der Waals surface area (Å²) in [5.41, 5.74) is 1.85. The van der Waals surface area contributed by atoms with E-state index in [0.717, 1.165) is 24.0 Å². The molecule has 1 unspecified atom stereocenters. The first kappa shape index (κ1) is 44.4. The third-order valence-corrected chi connectivity index (χ3v) is 12.0. The predicted molar refractivity (Wildman–Crippen MR) is 225 cm³/mol. The summed E-state index contributed by atoms with van der Waals surface area (Å²) in [5.74, 6) is -0.248. The number of hydrogen-bond donors (Lipinski definition) is 2. The summed E-state index contributed by atoms with van der Waals surface area (Å²) < 4.78 is 45.4. The van der Waals surface area contributed by atoms with Gasteiger partial charge in [-0.05, 0) is 64.0 Å². The molecular weight excluding hydrogens is 775 g/mol. The minimum absolute atomic E-state index is 0.0755. The Kier molecular flexibility index (Phi) is 14.2. The van der Waals surface area contributed by atoms with Gasteiger partial charge in [0.15, 0.2) is 0 Å². The van der Waals surface area contributed by atoms with Gasteiger partial charge in [0.25, 0.3) is 11.8 Å². The predicted octanol–water partition coefficient (Wildman–Crippen LogP) is 5.77. The first-order chi connectivity index (χ1) is 28.0. The number of rotatable bonds is 10. The van der Waals surface area contributed by atoms with Gasteiger partial charge in [-0.2, -0.15) is 4.99 Å². The van der Waals surface area contributed by atoms with Crippen molar-refractivity contribution < 1.29 is 41.8 Å². The zero-order valence-electron chi connectivity index (χ0n) is 34.4. The van der Waals surface area contributed by atoms with Crippen LogP contribution < -0.4 is 19.5 Å². The van der Waals surface area contributed by atoms with Crippen LogP contribution in [0.25, 0.3) is 22.2 Å². The van der Waals surface area contributed by atoms with Crippen LogP contribution >= 0.6 is 0 Å². The van der Waals surface area contributed by atoms with E-state index in [0.29, 0.717) is 53.8 Å². The van der Waals surface area contributed by atoms with Crippen molar-refractivity contribution in [2.45, 2.75) is 96.6 Å². The third-order valence-electron chi connectivity index (χ3n) is 10.2. The van der Waals surface area contributed by atoms with Gasteiger partial charge in [0.05, 0.1) is 42.6 Å². The molecule has 14 nitrogen and oxygen atoms in total. The SMILES string of the molecule is C#C[C@@H](C=C)C(NC(=O)[C@H](C)N1C[C@@H](C)Oc2cc(-c3ccccc3)nc3cc(OC)c(cc23)CCCCCOC(=O)N=C(C(C)(C)C)C1=O)C(=O)NS(=O)(=O)C1CC1. The van der Waals surface area contributed by atoms with Crippen LogP contribution in [0.4, 0.5) is 4.79 Å². The molecule has 1 fully saturated rings. The molecule has 2 aliphatic rings. The topological polar surface area (TPSA) is 183 Å². The summed E-state index contributed by atoms with van der Waals surface area (Å²) in [5, 5.41) is 2.56. The highest BCUT2D eigenvalue weighted by Crippen LogP contribution is 2.36. The molecule has 1 aliphatic carbocycles. The number of cyclic esters (lactones) is 1. The Balaban J connectivity index is 1.58. The van der Waals surface area contributed by atoms with E-state index in [1.165, 1.54) is 17.9 Å². The van der Waals surface area contributed by atoms with Crippen molar-refractivity contribution in [1.82, 2.24) is 19.9 Å². The van der Waals surface area contributed by atoms with E-state index in [1.807, 2.05) is 53.3 Å². The zero-order chi connectivity index (χ0) is 43.1. The maximum absolute atomic E-state index is 14.7. The van der Waals surface area contributed by atoms with Gasteiger partial charge < -0.3 is 24.4 Å². The number of aliphatic imine (C=N–C) groups is 1. The Morgan fingerprint density at radius 1 is 1.08 bits per heavy atom. The number of nitrogens with one attached hydrogen (secondary N) is 2. The van der Waals surface area contributed by atoms with Crippen LogP contribution in [-0.2, 0) is 35.6 Å². The molecule has 0 spiro atoms. The van der Waals surface area contributed by atoms with E-state index < -0.39 is 68.6 Å². The molecule has 314 valence electrons. The second kappa shape index (κ2) is 18.9. The minimum atomic E-state index is -4.01. The van der Waals surface area contributed by atoms with E-state index in [1.54, 1.807) is 34.8 Å². The van der Waals surface area contributed by atoms with Gasteiger partial charge in [-0.25, -0.2) is 18.2 Å². The maximum Gasteiger partial charge on any atom is 0.434 e. The van der Waals surface area contributed by atoms with Gasteiger partial charge in [-0.3, -0.25) is 19.1 Å². The fourth-order valence-electron chi connectivity index (χ4n) is 6.70. The largest absolute Gasteiger partial charge is 0.496 e. The molecule has 0 radical (unpaired) electrons. The molecule has 5 rings (SSSR count). The van der Waals surface area contributed by atoms with Crippen LogP contribution in [0.1, 0.15) is 72.3 Å². The highest BCUT2D eigenvalue weighted by molar-refractivity contribution is 7.90. The molecule has 1 aliphatic heterocycles. The molecule has 1 aromatic heterocycles. The number of amides is 4. The lowest BCUT2D eigenvalue weighted by Crippen LogP contribution is -2.59. The third kappa shape index (κ3) is 11.1. The first-order valence-electron chi connectivity index (χ1n) is 19.7. The molecule has 4 amide bonds. The number of hydrogen-bond acceptors (Lipinski definition) is 10. The van der Waals surface area contributed by atoms with Crippen molar-refractivity contribution in [1.29, 1.82) is 0 Å². The number of terminal acetylenes is 1. The number of methoxy groups -OCH3 is 1. The summed E-state index contributed by atoms with van der Waals surface area (Å²) in [4.78, 5) is 65.8. The average molecular weight is 828 g/mol. The standard InChI is InChI=1S/C44H53N5O9S/c1-9-29(10-2)38(41(51)48-59(54,55)32-20-21-32)46-40(50)28(4)49-26-27(3)58-37-24-34(30-17-13-11-14-18-30)45-35-25-36(56-8)31(23-33(35)37)19-15-12-16-22-57-43(53)47-39(42(49)52)44(5,6)7/h1,10-11,13-14,17-18,23-25,27-29,32,38H,2,12,15-16,19-22,26H2,3-8H3,(H,46,50)(H,48,51)/t27-,28+,29+,38?/m1/s1. The van der Waals surface area contributed by atoms with Crippen molar-refractivity contribution in [3.05, 3.63) is 66.7 Å². The van der Waals surface area contributed by atoms with Crippen LogP contribution in [0.3, 0.4) is 0 Å². The molecule has 59 heavy (non-hydrogen) atoms. The van der Waals surface area contributed by atoms with Crippen molar-refractivity contribution in [2.75, 3.05) is 20.3 Å². The van der Waals surface area contributed by atoms with Crippen molar-refractivity contribution in [3.63, 3.8) is 0 Å². The van der Waals surface area contributed by atoms with Gasteiger partial charge in [0.1, 0.15) is 35.4 Å². The van der Waals surface area contributed by atoms with Crippen LogP contribution in [0.5, 0.6) is 11.5 Å². The molecule has 2 bridgehead atoms. The molecule has 4 atom stereocenters. The zero-order valence-corrected chi connectivity index (χ0v) is 35.3. The number of ether oxygens (including phenoxy) is 3. The Hall–Kier alpha value is -5.75. The van der Waals surface area contributed by atoms with E-state index in [4.69, 9.17) is 25.6 Å². The lowest BCUT2D eigenvalue weighted by atomic mass is 9.88. The quantitative estimate of drug-likeness (QED) is 0.188. The number of aryl methyl sites for hydroxylation is 1. The molecule has 3 aromatic rings. The van der Waals surface area contributed by atoms with Gasteiger partial charge in [0, 0.05) is 28.5 Å². The summed E-state index contributed by atoms with van der Waals surface area (Å²) in [6, 6.07) is 12.4. The lowest BCUT2D eigenvalue weighted by Gasteiger charge is -2.34. The maximum atomic E-state index is 14.7. The first-order valence-corrected chi connectivity index (χ1v) is 21.3. The summed E-state index contributed by atoms with van der Waals surface area (Å²) in [6.07, 6.45) is 8.72. The molecule has 0 saturated heterocycles. The van der Waals surface area contributed by atoms with Gasteiger partial charge in [-0.1, -0.05) is 63.1 Å². The molecule has 2 aromatic carbocycles. The van der Waals surface area contributed by atoms with Gasteiger partial charge in [-0.15, -0.1) is 13.0 Å². The van der Waals surface area contributed by atoms with E-state index in [-0.39, 0.29) is 18.9 Å². The Bertz CT molecular complexity index is 2260. The van der Waals surface area contributed by atoms with Gasteiger partial charge >= 0.3 is 6.09 Å². The number of nitrogens with zero attached hydrogens (tertiary/aromatic N) is 3. The molecule has 2 N–H and O–H groups in total. The number of benzene rings is 2. The van der Waals surface area contributed by atoms with Crippen molar-refractivity contribution in [3.8, 4) is 35.1 Å². The number of pyridine rings is 1. The monoisotopic (exact) mass is 827 g/mol. The fourth-order valence-corrected chi connectivity index (χ4v) is 8.04. The summed E-state index contributed by atoms with van der Waals surface area (Å²) in [7, 11) is -2.40. The normalized spacial score (nSPS) is 18.8. The van der Waals surface area contributed by atoms with Crippen LogP contribution in [0, 0.1) is 23.7 Å². The fraction of sp³-hybridized carbons (Fsp3) is 0.455. The smallest absolute Gasteiger partial charge is 0.434 e. The van der Waals surface area contributed by atoms with Crippen LogP contribution in [0.15, 0.2) is 66.2 Å². The number of fused-ring (bicyclic) bond motifs is 1. The highest BCUT2D eigenvalue weighted by Gasteiger charge is 2.41. The van der Waals surface area contributed by atoms with Crippen molar-refractivity contribution in [2.24, 2.45) is 16.3 Å². The van der Waals surface area contributed by atoms with Crippen LogP contribution in [-0.4, -0.2) is 91.5 Å². The highest BCUT2D eigenvalue weighted by atomic mass is 32.2. The van der Waals surface area contributed by atoms with Crippen molar-refractivity contribution >= 4 is 50.5 Å². The molecule has 1 saturated carbocycles. The average Bonchev–Trinajstić information content (AvgIpc) is 4.06. The summed E-state index contributed by atoms with van der Waals surface area (Å²) in [6.45, 7) is 11.8. The van der Waals surface area contributed by atoms with E-state index in [2.05, 4.69) is 22.8 Å².